The van der Waals surface area contributed by atoms with E-state index in [1.807, 2.05) is 15.9 Å². The van der Waals surface area contributed by atoms with E-state index in [0.29, 0.717) is 32.0 Å². The monoisotopic (exact) mass is 468 g/mol. The molecule has 32 heavy (non-hydrogen) atoms. The number of thiophene rings is 1. The van der Waals surface area contributed by atoms with E-state index in [4.69, 9.17) is 4.74 Å². The molecule has 174 valence electrons. The van der Waals surface area contributed by atoms with E-state index in [0.717, 1.165) is 44.9 Å². The second-order valence-electron chi connectivity index (χ2n) is 8.01. The largest absolute Gasteiger partial charge is 0.416 e. The highest BCUT2D eigenvalue weighted by Crippen LogP contribution is 2.35. The van der Waals surface area contributed by atoms with Crippen molar-refractivity contribution in [3.63, 3.8) is 0 Å². The maximum Gasteiger partial charge on any atom is 0.416 e. The summed E-state index contributed by atoms with van der Waals surface area (Å²) in [6.07, 6.45) is -4.47. The number of piperazine rings is 1. The molecule has 0 bridgehead atoms. The minimum absolute atomic E-state index is 0.158. The second-order valence-corrected chi connectivity index (χ2v) is 9.04. The van der Waals surface area contributed by atoms with Gasteiger partial charge in [0.15, 0.2) is 0 Å². The molecule has 2 saturated heterocycles. The Bertz CT molecular complexity index is 893. The van der Waals surface area contributed by atoms with Gasteiger partial charge in [-0.3, -0.25) is 14.6 Å². The fourth-order valence-corrected chi connectivity index (χ4v) is 4.76. The molecule has 2 fully saturated rings. The van der Waals surface area contributed by atoms with Crippen molar-refractivity contribution in [1.29, 1.82) is 0 Å². The summed E-state index contributed by atoms with van der Waals surface area (Å²) in [6.45, 7) is 6.42. The first-order valence-electron chi connectivity index (χ1n) is 10.7. The van der Waals surface area contributed by atoms with Crippen LogP contribution in [0.2, 0.25) is 0 Å². The molecule has 4 rings (SSSR count). The average molecular weight is 469 g/mol. The normalized spacial score (nSPS) is 18.7. The summed E-state index contributed by atoms with van der Waals surface area (Å²) in [4.78, 5) is 20.4. The number of rotatable bonds is 6. The Hall–Kier alpha value is -2.14. The Morgan fingerprint density at radius 2 is 1.75 bits per heavy atom. The topological polar surface area (TPSA) is 48.1 Å². The predicted molar refractivity (Wildman–Crippen MR) is 119 cm³/mol. The van der Waals surface area contributed by atoms with Crippen LogP contribution in [0.4, 0.5) is 24.5 Å². The van der Waals surface area contributed by atoms with Crippen LogP contribution >= 0.6 is 11.3 Å². The van der Waals surface area contributed by atoms with E-state index in [2.05, 4.69) is 21.7 Å². The standard InChI is InChI=1S/C22H27F3N4O2S/c23-22(24,25)17-3-4-20(29-9-11-31-12-10-29)19(14-17)26-21(30)16-28-7-5-27(6-8-28)15-18-2-1-13-32-18/h1-4,13-14H,5-12,15-16H2,(H,26,30). The lowest BCUT2D eigenvalue weighted by Gasteiger charge is -2.34. The summed E-state index contributed by atoms with van der Waals surface area (Å²) in [7, 11) is 0. The van der Waals surface area contributed by atoms with Crippen LogP contribution in [-0.2, 0) is 22.3 Å². The van der Waals surface area contributed by atoms with Gasteiger partial charge in [-0.15, -0.1) is 11.3 Å². The molecule has 0 saturated carbocycles. The highest BCUT2D eigenvalue weighted by Gasteiger charge is 2.32. The number of hydrogen-bond acceptors (Lipinski definition) is 6. The van der Waals surface area contributed by atoms with Gasteiger partial charge >= 0.3 is 6.18 Å². The number of hydrogen-bond donors (Lipinski definition) is 1. The molecule has 1 aromatic carbocycles. The van der Waals surface area contributed by atoms with Crippen LogP contribution in [0.15, 0.2) is 35.7 Å². The van der Waals surface area contributed by atoms with Crippen molar-refractivity contribution in [3.8, 4) is 0 Å². The third-order valence-electron chi connectivity index (χ3n) is 5.74. The summed E-state index contributed by atoms with van der Waals surface area (Å²) in [5, 5.41) is 4.80. The van der Waals surface area contributed by atoms with Gasteiger partial charge < -0.3 is 15.0 Å². The first kappa shape index (κ1) is 23.0. The van der Waals surface area contributed by atoms with Crippen molar-refractivity contribution in [3.05, 3.63) is 46.2 Å². The maximum absolute atomic E-state index is 13.3. The van der Waals surface area contributed by atoms with Crippen molar-refractivity contribution in [1.82, 2.24) is 9.80 Å². The van der Waals surface area contributed by atoms with Crippen molar-refractivity contribution in [2.24, 2.45) is 0 Å². The number of nitrogens with one attached hydrogen (secondary N) is 1. The molecule has 3 heterocycles. The number of ether oxygens (including phenoxy) is 1. The first-order valence-corrected chi connectivity index (χ1v) is 11.6. The number of halogens is 3. The molecular weight excluding hydrogens is 441 g/mol. The van der Waals surface area contributed by atoms with Crippen LogP contribution < -0.4 is 10.2 Å². The molecule has 0 spiro atoms. The maximum atomic E-state index is 13.3. The fourth-order valence-electron chi connectivity index (χ4n) is 4.01. The molecule has 2 aliphatic heterocycles. The van der Waals surface area contributed by atoms with Crippen LogP contribution in [0.1, 0.15) is 10.4 Å². The van der Waals surface area contributed by atoms with E-state index in [9.17, 15) is 18.0 Å². The minimum atomic E-state index is -4.47. The Morgan fingerprint density at radius 1 is 1.03 bits per heavy atom. The molecule has 10 heteroatoms. The predicted octanol–water partition coefficient (Wildman–Crippen LogP) is 3.36. The molecule has 0 aliphatic carbocycles. The van der Waals surface area contributed by atoms with Crippen LogP contribution in [0, 0.1) is 0 Å². The van der Waals surface area contributed by atoms with Gasteiger partial charge in [0.2, 0.25) is 5.91 Å². The minimum Gasteiger partial charge on any atom is -0.378 e. The quantitative estimate of drug-likeness (QED) is 0.705. The molecule has 0 unspecified atom stereocenters. The third kappa shape index (κ3) is 6.00. The van der Waals surface area contributed by atoms with Gasteiger partial charge in [0.1, 0.15) is 0 Å². The third-order valence-corrected chi connectivity index (χ3v) is 6.60. The van der Waals surface area contributed by atoms with Gasteiger partial charge in [-0.2, -0.15) is 13.2 Å². The summed E-state index contributed by atoms with van der Waals surface area (Å²) in [6, 6.07) is 7.69. The molecule has 2 aromatic rings. The van der Waals surface area contributed by atoms with E-state index in [-0.39, 0.29) is 18.1 Å². The number of carbonyl (C=O) groups excluding carboxylic acids is 1. The average Bonchev–Trinajstić information content (AvgIpc) is 3.28. The zero-order valence-corrected chi connectivity index (χ0v) is 18.6. The van der Waals surface area contributed by atoms with Crippen molar-refractivity contribution >= 4 is 28.6 Å². The molecule has 1 N–H and O–H groups in total. The zero-order chi connectivity index (χ0) is 22.6. The second kappa shape index (κ2) is 10.2. The number of alkyl halides is 3. The molecule has 0 radical (unpaired) electrons. The number of anilines is 2. The first-order chi connectivity index (χ1) is 15.4. The summed E-state index contributed by atoms with van der Waals surface area (Å²) >= 11 is 1.73. The van der Waals surface area contributed by atoms with Crippen LogP contribution in [0.25, 0.3) is 0 Å². The Labute approximate surface area is 189 Å². The van der Waals surface area contributed by atoms with Crippen LogP contribution in [0.5, 0.6) is 0 Å². The summed E-state index contributed by atoms with van der Waals surface area (Å²) in [5.74, 6) is -0.300. The number of morpholine rings is 1. The van der Waals surface area contributed by atoms with E-state index < -0.39 is 11.7 Å². The smallest absolute Gasteiger partial charge is 0.378 e. The summed E-state index contributed by atoms with van der Waals surface area (Å²) in [5.41, 5.74) is 0.0190. The van der Waals surface area contributed by atoms with Gasteiger partial charge in [-0.05, 0) is 29.6 Å². The van der Waals surface area contributed by atoms with Crippen LogP contribution in [-0.4, -0.2) is 74.7 Å². The SMILES string of the molecule is O=C(CN1CCN(Cc2cccs2)CC1)Nc1cc(C(F)(F)F)ccc1N1CCOCC1. The number of benzene rings is 1. The Balaban J connectivity index is 1.37. The summed E-state index contributed by atoms with van der Waals surface area (Å²) < 4.78 is 45.1. The molecule has 2 aliphatic rings. The fraction of sp³-hybridized carbons (Fsp3) is 0.500. The number of nitrogens with zero attached hydrogens (tertiary/aromatic N) is 3. The van der Waals surface area contributed by atoms with E-state index in [1.165, 1.54) is 10.9 Å². The van der Waals surface area contributed by atoms with Gasteiger partial charge in [-0.25, -0.2) is 0 Å². The molecular formula is C22H27F3N4O2S. The zero-order valence-electron chi connectivity index (χ0n) is 17.7. The number of carbonyl (C=O) groups is 1. The molecule has 1 aromatic heterocycles. The van der Waals surface area contributed by atoms with Gasteiger partial charge in [0, 0.05) is 50.7 Å². The Morgan fingerprint density at radius 3 is 2.41 bits per heavy atom. The highest BCUT2D eigenvalue weighted by atomic mass is 32.1. The lowest BCUT2D eigenvalue weighted by molar-refractivity contribution is -0.137. The molecule has 0 atom stereocenters. The van der Waals surface area contributed by atoms with Crippen molar-refractivity contribution < 1.29 is 22.7 Å². The lowest BCUT2D eigenvalue weighted by atomic mass is 10.1. The Kier molecular flexibility index (Phi) is 7.34. The van der Waals surface area contributed by atoms with Crippen molar-refractivity contribution in [2.45, 2.75) is 12.7 Å². The molecule has 6 nitrogen and oxygen atoms in total. The van der Waals surface area contributed by atoms with Gasteiger partial charge in [0.25, 0.3) is 0 Å². The van der Waals surface area contributed by atoms with Gasteiger partial charge in [-0.1, -0.05) is 6.07 Å². The van der Waals surface area contributed by atoms with Crippen molar-refractivity contribution in [2.75, 3.05) is 69.2 Å². The van der Waals surface area contributed by atoms with E-state index in [1.54, 1.807) is 11.3 Å². The number of amides is 1. The lowest BCUT2D eigenvalue weighted by Crippen LogP contribution is -2.48. The van der Waals surface area contributed by atoms with Crippen LogP contribution in [0.3, 0.4) is 0 Å². The van der Waals surface area contributed by atoms with Gasteiger partial charge in [0.05, 0.1) is 36.7 Å². The highest BCUT2D eigenvalue weighted by molar-refractivity contribution is 7.09. The molecule has 1 amide bonds. The van der Waals surface area contributed by atoms with E-state index >= 15 is 0 Å².